The Labute approximate surface area is 253 Å². The van der Waals surface area contributed by atoms with Crippen LogP contribution in [0, 0.1) is 0 Å². The highest BCUT2D eigenvalue weighted by molar-refractivity contribution is 7.26. The Morgan fingerprint density at radius 1 is 0.535 bits per heavy atom. The van der Waals surface area contributed by atoms with Gasteiger partial charge in [-0.2, -0.15) is 0 Å². The molecule has 0 bridgehead atoms. The molecular formula is C40H26N2S. The van der Waals surface area contributed by atoms with Crippen LogP contribution in [-0.4, -0.2) is 9.97 Å². The van der Waals surface area contributed by atoms with Crippen molar-refractivity contribution in [1.82, 2.24) is 9.97 Å². The maximum atomic E-state index is 5.25. The highest BCUT2D eigenvalue weighted by Crippen LogP contribution is 2.43. The van der Waals surface area contributed by atoms with Crippen molar-refractivity contribution in [2.75, 3.05) is 0 Å². The monoisotopic (exact) mass is 566 g/mol. The van der Waals surface area contributed by atoms with Crippen LogP contribution in [0.1, 0.15) is 18.4 Å². The highest BCUT2D eigenvalue weighted by atomic mass is 32.1. The summed E-state index contributed by atoms with van der Waals surface area (Å²) in [6, 6.07) is 39.2. The van der Waals surface area contributed by atoms with Gasteiger partial charge in [0, 0.05) is 36.5 Å². The fraction of sp³-hybridized carbons (Fsp3) is 0.0500. The zero-order chi connectivity index (χ0) is 28.3. The number of benzene rings is 6. The molecule has 0 N–H and O–H groups in total. The molecule has 0 amide bonds. The summed E-state index contributed by atoms with van der Waals surface area (Å²) in [5.41, 5.74) is 8.97. The predicted octanol–water partition coefficient (Wildman–Crippen LogP) is 11.4. The molecule has 0 spiro atoms. The van der Waals surface area contributed by atoms with Crippen LogP contribution in [0.15, 0.2) is 134 Å². The second kappa shape index (κ2) is 9.72. The van der Waals surface area contributed by atoms with E-state index in [9.17, 15) is 0 Å². The molecule has 0 radical (unpaired) electrons. The largest absolute Gasteiger partial charge is 0.252 e. The lowest BCUT2D eigenvalue weighted by molar-refractivity contribution is 1.04. The topological polar surface area (TPSA) is 25.8 Å². The molecule has 0 unspecified atom stereocenters. The van der Waals surface area contributed by atoms with Crippen LogP contribution in [-0.2, 0) is 0 Å². The lowest BCUT2D eigenvalue weighted by Gasteiger charge is -2.11. The van der Waals surface area contributed by atoms with Gasteiger partial charge in [0.25, 0.3) is 0 Å². The molecule has 3 heteroatoms. The summed E-state index contributed by atoms with van der Waals surface area (Å²) < 4.78 is 2.68. The quantitative estimate of drug-likeness (QED) is 0.199. The number of hydrogen-bond acceptors (Lipinski definition) is 3. The molecular weight excluding hydrogens is 541 g/mol. The summed E-state index contributed by atoms with van der Waals surface area (Å²) in [5.74, 6) is 0. The molecule has 202 valence electrons. The van der Waals surface area contributed by atoms with E-state index in [4.69, 9.17) is 9.97 Å². The van der Waals surface area contributed by atoms with Gasteiger partial charge in [-0.15, -0.1) is 11.3 Å². The molecule has 0 saturated heterocycles. The number of hydrogen-bond donors (Lipinski definition) is 0. The fourth-order valence-electron chi connectivity index (χ4n) is 6.70. The van der Waals surface area contributed by atoms with Crippen LogP contribution in [0.3, 0.4) is 0 Å². The first-order valence-electron chi connectivity index (χ1n) is 14.8. The lowest BCUT2D eigenvalue weighted by Crippen LogP contribution is -1.92. The minimum absolute atomic E-state index is 0.886. The Morgan fingerprint density at radius 2 is 1.16 bits per heavy atom. The van der Waals surface area contributed by atoms with Gasteiger partial charge in [-0.3, -0.25) is 4.98 Å². The third kappa shape index (κ3) is 3.86. The number of thiophene rings is 1. The van der Waals surface area contributed by atoms with Gasteiger partial charge in [0.2, 0.25) is 0 Å². The van der Waals surface area contributed by atoms with Crippen LogP contribution in [0.2, 0.25) is 0 Å². The average molecular weight is 567 g/mol. The Bertz CT molecular complexity index is 2430. The molecule has 6 aromatic carbocycles. The van der Waals surface area contributed by atoms with Crippen molar-refractivity contribution < 1.29 is 0 Å². The van der Waals surface area contributed by atoms with E-state index in [1.165, 1.54) is 53.2 Å². The number of allylic oxidation sites excluding steroid dienone is 4. The van der Waals surface area contributed by atoms with Gasteiger partial charge in [0.05, 0.1) is 22.9 Å². The Balaban J connectivity index is 1.22. The molecule has 1 aliphatic carbocycles. The first kappa shape index (κ1) is 24.5. The minimum atomic E-state index is 0.886. The second-order valence-electron chi connectivity index (χ2n) is 11.2. The van der Waals surface area contributed by atoms with E-state index in [1.807, 2.05) is 17.5 Å². The van der Waals surface area contributed by atoms with Crippen LogP contribution >= 0.6 is 11.3 Å². The maximum absolute atomic E-state index is 5.25. The molecule has 0 aliphatic heterocycles. The molecule has 0 atom stereocenters. The van der Waals surface area contributed by atoms with Crippen LogP contribution in [0.25, 0.3) is 80.7 Å². The van der Waals surface area contributed by atoms with Crippen molar-refractivity contribution in [3.8, 4) is 22.4 Å². The third-order valence-electron chi connectivity index (χ3n) is 8.73. The van der Waals surface area contributed by atoms with Crippen molar-refractivity contribution in [1.29, 1.82) is 0 Å². The van der Waals surface area contributed by atoms with E-state index in [2.05, 4.69) is 127 Å². The lowest BCUT2D eigenvalue weighted by atomic mass is 9.97. The molecule has 9 rings (SSSR count). The summed E-state index contributed by atoms with van der Waals surface area (Å²) in [6.45, 7) is 0. The fourth-order valence-corrected chi connectivity index (χ4v) is 8.07. The smallest absolute Gasteiger partial charge is 0.0979 e. The molecule has 2 nitrogen and oxygen atoms in total. The summed E-state index contributed by atoms with van der Waals surface area (Å²) in [4.78, 5) is 10.2. The van der Waals surface area contributed by atoms with Gasteiger partial charge < -0.3 is 0 Å². The standard InChI is InChI=1S/C40H26N2S/c1-2-11-25(12-3-1)28-19-9-21-34-35-22-10-20-29(40(35)43-39(28)34)26-13-8-14-27(23-26)36-24-41-37-32-17-6-4-15-30(32)31-16-5-7-18-33(31)38(37)42-36/h2,4-24H,1,3H2. The van der Waals surface area contributed by atoms with Gasteiger partial charge in [-0.25, -0.2) is 4.98 Å². The molecule has 0 saturated carbocycles. The first-order chi connectivity index (χ1) is 21.3. The number of aromatic nitrogens is 2. The second-order valence-corrected chi connectivity index (χ2v) is 12.3. The Hall–Kier alpha value is -5.12. The first-order valence-corrected chi connectivity index (χ1v) is 15.6. The van der Waals surface area contributed by atoms with E-state index < -0.39 is 0 Å². The maximum Gasteiger partial charge on any atom is 0.0979 e. The summed E-state index contributed by atoms with van der Waals surface area (Å²) in [6.07, 6.45) is 11.1. The van der Waals surface area contributed by atoms with E-state index in [1.54, 1.807) is 0 Å². The SMILES string of the molecule is C1=CC(c2cccc3c2sc2c(-c4cccc(-c5cnc6c7ccccc7c7ccccc7c6n5)c4)cccc23)=CCC1. The predicted molar refractivity (Wildman–Crippen MR) is 185 cm³/mol. The average Bonchev–Trinajstić information content (AvgIpc) is 3.48. The van der Waals surface area contributed by atoms with Crippen LogP contribution in [0.4, 0.5) is 0 Å². The molecule has 8 aromatic rings. The molecule has 2 heterocycles. The third-order valence-corrected chi connectivity index (χ3v) is 10.0. The number of fused-ring (bicyclic) bond motifs is 9. The van der Waals surface area contributed by atoms with Crippen molar-refractivity contribution >= 4 is 69.7 Å². The zero-order valence-corrected chi connectivity index (χ0v) is 24.2. The number of rotatable bonds is 3. The number of nitrogens with zero attached hydrogens (tertiary/aromatic N) is 2. The van der Waals surface area contributed by atoms with Crippen molar-refractivity contribution in [2.24, 2.45) is 0 Å². The van der Waals surface area contributed by atoms with Gasteiger partial charge >= 0.3 is 0 Å². The van der Waals surface area contributed by atoms with Gasteiger partial charge in [0.1, 0.15) is 0 Å². The molecule has 1 aliphatic rings. The van der Waals surface area contributed by atoms with E-state index >= 15 is 0 Å². The van der Waals surface area contributed by atoms with Crippen molar-refractivity contribution in [3.63, 3.8) is 0 Å². The van der Waals surface area contributed by atoms with Crippen LogP contribution < -0.4 is 0 Å². The summed E-state index contributed by atoms with van der Waals surface area (Å²) in [5, 5.41) is 7.34. The molecule has 43 heavy (non-hydrogen) atoms. The Kier molecular flexibility index (Phi) is 5.53. The molecule has 2 aromatic heterocycles. The normalized spacial score (nSPS) is 13.4. The van der Waals surface area contributed by atoms with E-state index in [0.717, 1.165) is 45.9 Å². The van der Waals surface area contributed by atoms with Crippen molar-refractivity contribution in [2.45, 2.75) is 12.8 Å². The van der Waals surface area contributed by atoms with Gasteiger partial charge in [0.15, 0.2) is 0 Å². The van der Waals surface area contributed by atoms with Crippen LogP contribution in [0.5, 0.6) is 0 Å². The Morgan fingerprint density at radius 3 is 1.91 bits per heavy atom. The molecule has 0 fully saturated rings. The summed E-state index contributed by atoms with van der Waals surface area (Å²) in [7, 11) is 0. The van der Waals surface area contributed by atoms with Gasteiger partial charge in [-0.1, -0.05) is 121 Å². The van der Waals surface area contributed by atoms with Gasteiger partial charge in [-0.05, 0) is 51.9 Å². The highest BCUT2D eigenvalue weighted by Gasteiger charge is 2.16. The van der Waals surface area contributed by atoms with E-state index in [0.29, 0.717) is 0 Å². The zero-order valence-electron chi connectivity index (χ0n) is 23.4. The summed E-state index contributed by atoms with van der Waals surface area (Å²) >= 11 is 1.91. The van der Waals surface area contributed by atoms with Crippen molar-refractivity contribution in [3.05, 3.63) is 139 Å². The van der Waals surface area contributed by atoms with E-state index in [-0.39, 0.29) is 0 Å². The minimum Gasteiger partial charge on any atom is -0.252 e.